The van der Waals surface area contributed by atoms with Crippen molar-refractivity contribution in [3.63, 3.8) is 0 Å². The van der Waals surface area contributed by atoms with E-state index in [1.54, 1.807) is 6.08 Å². The SMILES string of the molecule is C=CC.CC(C)CO.CCCCO.[C-]#[O+].[HH]. The molecule has 94 valence electrons. The van der Waals surface area contributed by atoms with Crippen molar-refractivity contribution in [2.24, 2.45) is 5.92 Å². The van der Waals surface area contributed by atoms with Gasteiger partial charge in [0.05, 0.1) is 0 Å². The van der Waals surface area contributed by atoms with E-state index in [1.807, 2.05) is 20.8 Å². The Hall–Kier alpha value is -0.600. The van der Waals surface area contributed by atoms with E-state index in [0.29, 0.717) is 19.1 Å². The third-order valence-corrected chi connectivity index (χ3v) is 0.877. The van der Waals surface area contributed by atoms with Crippen LogP contribution in [0.3, 0.4) is 0 Å². The van der Waals surface area contributed by atoms with E-state index in [9.17, 15) is 0 Å². The molecule has 0 saturated carbocycles. The van der Waals surface area contributed by atoms with Crippen LogP contribution >= 0.6 is 0 Å². The van der Waals surface area contributed by atoms with Crippen molar-refractivity contribution in [1.29, 1.82) is 0 Å². The quantitative estimate of drug-likeness (QED) is 0.436. The van der Waals surface area contributed by atoms with Crippen LogP contribution in [0.5, 0.6) is 0 Å². The molecule has 0 aliphatic heterocycles. The van der Waals surface area contributed by atoms with Gasteiger partial charge in [-0.2, -0.15) is 0 Å². The van der Waals surface area contributed by atoms with E-state index in [4.69, 9.17) is 14.9 Å². The summed E-state index contributed by atoms with van der Waals surface area (Å²) >= 11 is 0. The topological polar surface area (TPSA) is 60.4 Å². The Morgan fingerprint density at radius 3 is 1.67 bits per heavy atom. The number of aliphatic hydroxyl groups is 2. The molecule has 15 heavy (non-hydrogen) atoms. The smallest absolute Gasteiger partial charge is 0 e. The molecule has 2 N–H and O–H groups in total. The van der Waals surface area contributed by atoms with Crippen molar-refractivity contribution < 1.29 is 16.3 Å². The first-order valence-electron chi connectivity index (χ1n) is 5.09. The molecule has 0 fully saturated rings. The Morgan fingerprint density at radius 1 is 1.40 bits per heavy atom. The van der Waals surface area contributed by atoms with Gasteiger partial charge in [-0.25, -0.2) is 0 Å². The minimum atomic E-state index is 0. The van der Waals surface area contributed by atoms with Crippen LogP contribution in [0.15, 0.2) is 12.7 Å². The van der Waals surface area contributed by atoms with Crippen LogP contribution in [0.25, 0.3) is 0 Å². The van der Waals surface area contributed by atoms with Gasteiger partial charge in [0, 0.05) is 14.6 Å². The molecule has 3 heteroatoms. The van der Waals surface area contributed by atoms with Crippen molar-refractivity contribution >= 4 is 0 Å². The summed E-state index contributed by atoms with van der Waals surface area (Å²) < 4.78 is 7.50. The van der Waals surface area contributed by atoms with E-state index in [1.165, 1.54) is 0 Å². The maximum atomic E-state index is 8.14. The van der Waals surface area contributed by atoms with Gasteiger partial charge in [-0.05, 0) is 19.3 Å². The molecule has 0 atom stereocenters. The van der Waals surface area contributed by atoms with Gasteiger partial charge in [-0.15, -0.1) is 6.58 Å². The summed E-state index contributed by atoms with van der Waals surface area (Å²) in [5.74, 6) is 0.440. The number of hydrogen-bond donors (Lipinski definition) is 2. The molecule has 0 aromatic heterocycles. The third kappa shape index (κ3) is 151. The first kappa shape index (κ1) is 23.9. The second-order valence-corrected chi connectivity index (χ2v) is 3.06. The zero-order valence-corrected chi connectivity index (χ0v) is 10.5. The van der Waals surface area contributed by atoms with E-state index >= 15 is 0 Å². The van der Waals surface area contributed by atoms with Crippen LogP contribution in [0.4, 0.5) is 0 Å². The van der Waals surface area contributed by atoms with Gasteiger partial charge in [-0.3, -0.25) is 0 Å². The summed E-state index contributed by atoms with van der Waals surface area (Å²) in [6.07, 6.45) is 3.79. The molecule has 0 saturated heterocycles. The van der Waals surface area contributed by atoms with Crippen LogP contribution in [0, 0.1) is 12.6 Å². The molecule has 0 aromatic rings. The molecule has 0 aromatic carbocycles. The van der Waals surface area contributed by atoms with Gasteiger partial charge in [0.15, 0.2) is 0 Å². The van der Waals surface area contributed by atoms with Gasteiger partial charge in [-0.1, -0.05) is 33.3 Å². The molecular weight excluding hydrogens is 192 g/mol. The van der Waals surface area contributed by atoms with Crippen molar-refractivity contribution in [3.05, 3.63) is 19.3 Å². The van der Waals surface area contributed by atoms with Gasteiger partial charge in [0.2, 0.25) is 0 Å². The van der Waals surface area contributed by atoms with Crippen molar-refractivity contribution in [1.82, 2.24) is 0 Å². The van der Waals surface area contributed by atoms with Gasteiger partial charge >= 0.3 is 11.3 Å². The first-order chi connectivity index (χ1) is 7.10. The van der Waals surface area contributed by atoms with Crippen LogP contribution in [0.1, 0.15) is 42.0 Å². The number of unbranched alkanes of at least 4 members (excludes halogenated alkanes) is 1. The Labute approximate surface area is 96.0 Å². The summed E-state index contributed by atoms with van der Waals surface area (Å²) in [7, 11) is 0. The second-order valence-electron chi connectivity index (χ2n) is 3.06. The fraction of sp³-hybridized carbons (Fsp3) is 0.750. The van der Waals surface area contributed by atoms with Gasteiger partial charge < -0.3 is 10.2 Å². The largest absolute Gasteiger partial charge is 0 e. The van der Waals surface area contributed by atoms with Crippen molar-refractivity contribution in [2.75, 3.05) is 13.2 Å². The summed E-state index contributed by atoms with van der Waals surface area (Å²) in [6, 6.07) is 0. The first-order valence-corrected chi connectivity index (χ1v) is 5.09. The Bertz CT molecular complexity index is 102. The molecule has 0 rings (SSSR count). The number of rotatable bonds is 3. The van der Waals surface area contributed by atoms with Crippen molar-refractivity contribution in [3.8, 4) is 0 Å². The molecular formula is C12H28O3. The molecule has 0 bridgehead atoms. The summed E-state index contributed by atoms with van der Waals surface area (Å²) in [5, 5.41) is 16.2. The molecule has 0 unspecified atom stereocenters. The van der Waals surface area contributed by atoms with Crippen LogP contribution < -0.4 is 0 Å². The standard InChI is InChI=1S/2C4H10O.C3H6.CO.H2/c1-4(2)3-5;1-2-3-4-5;1-3-2;1-2;/h4-5H,3H2,1-2H3;5H,2-4H2,1H3;3H,1H2,2H3;;1H. The second kappa shape index (κ2) is 37.6. The Kier molecular flexibility index (Phi) is 60.0. The Balaban J connectivity index is -0.0000000349. The number of allylic oxidation sites excluding steroid dienone is 1. The van der Waals surface area contributed by atoms with Crippen molar-refractivity contribution in [2.45, 2.75) is 40.5 Å². The predicted molar refractivity (Wildman–Crippen MR) is 65.8 cm³/mol. The van der Waals surface area contributed by atoms with Crippen LogP contribution in [-0.2, 0) is 4.65 Å². The molecule has 0 amide bonds. The zero-order chi connectivity index (χ0) is 13.1. The number of aliphatic hydroxyl groups excluding tert-OH is 2. The predicted octanol–water partition coefficient (Wildman–Crippen LogP) is 2.81. The average molecular weight is 220 g/mol. The summed E-state index contributed by atoms with van der Waals surface area (Å²) in [5.41, 5.74) is 0. The maximum Gasteiger partial charge on any atom is 0 e. The molecule has 0 radical (unpaired) electrons. The molecule has 3 nitrogen and oxygen atoms in total. The normalized spacial score (nSPS) is 7.00. The maximum absolute atomic E-state index is 8.14. The zero-order valence-electron chi connectivity index (χ0n) is 10.5. The number of hydrogen-bond acceptors (Lipinski definition) is 2. The summed E-state index contributed by atoms with van der Waals surface area (Å²) in [4.78, 5) is 0. The minimum Gasteiger partial charge on any atom is 0 e. The van der Waals surface area contributed by atoms with Gasteiger partial charge in [0.1, 0.15) is 0 Å². The van der Waals surface area contributed by atoms with E-state index in [2.05, 4.69) is 20.2 Å². The average Bonchev–Trinajstić information content (AvgIpc) is 2.24. The fourth-order valence-electron chi connectivity index (χ4n) is 0.158. The summed E-state index contributed by atoms with van der Waals surface area (Å²) in [6.45, 7) is 16.4. The third-order valence-electron chi connectivity index (χ3n) is 0.877. The van der Waals surface area contributed by atoms with E-state index < -0.39 is 0 Å². The fourth-order valence-corrected chi connectivity index (χ4v) is 0.158. The minimum absolute atomic E-state index is 0. The van der Waals surface area contributed by atoms with E-state index in [-0.39, 0.29) is 1.43 Å². The monoisotopic (exact) mass is 220 g/mol. The van der Waals surface area contributed by atoms with E-state index in [0.717, 1.165) is 12.8 Å². The molecule has 0 spiro atoms. The molecule has 0 heterocycles. The molecule has 0 aliphatic carbocycles. The van der Waals surface area contributed by atoms with Gasteiger partial charge in [0.25, 0.3) is 0 Å². The van der Waals surface area contributed by atoms with Crippen LogP contribution in [-0.4, -0.2) is 23.4 Å². The van der Waals surface area contributed by atoms with Crippen LogP contribution in [0.2, 0.25) is 0 Å². The Morgan fingerprint density at radius 2 is 1.67 bits per heavy atom. The molecule has 0 aliphatic rings.